The highest BCUT2D eigenvalue weighted by atomic mass is 16.5. The topological polar surface area (TPSA) is 62.1 Å². The second-order valence-corrected chi connectivity index (χ2v) is 5.61. The van der Waals surface area contributed by atoms with Gasteiger partial charge in [-0.1, -0.05) is 26.0 Å². The van der Waals surface area contributed by atoms with Crippen LogP contribution in [0.4, 0.5) is 0 Å². The average Bonchev–Trinajstić information content (AvgIpc) is 2.41. The normalized spacial score (nSPS) is 16.1. The van der Waals surface area contributed by atoms with Crippen molar-refractivity contribution >= 4 is 5.91 Å². The van der Waals surface area contributed by atoms with E-state index >= 15 is 0 Å². The first-order valence-corrected chi connectivity index (χ1v) is 7.00. The molecule has 0 spiro atoms. The fraction of sp³-hybridized carbons (Fsp3) is 0.500. The summed E-state index contributed by atoms with van der Waals surface area (Å²) in [6.07, 6.45) is 2.46. The van der Waals surface area contributed by atoms with Gasteiger partial charge in [-0.3, -0.25) is 4.79 Å². The fourth-order valence-electron chi connectivity index (χ4n) is 2.20. The summed E-state index contributed by atoms with van der Waals surface area (Å²) < 4.78 is 5.44. The molecule has 20 heavy (non-hydrogen) atoms. The third kappa shape index (κ3) is 3.30. The summed E-state index contributed by atoms with van der Waals surface area (Å²) in [6.45, 7) is 4.21. The van der Waals surface area contributed by atoms with Gasteiger partial charge in [-0.2, -0.15) is 5.26 Å². The van der Waals surface area contributed by atoms with Gasteiger partial charge in [-0.25, -0.2) is 0 Å². The number of benzene rings is 1. The lowest BCUT2D eigenvalue weighted by atomic mass is 9.78. The molecule has 106 valence electrons. The predicted octanol–water partition coefficient (Wildman–Crippen LogP) is 2.75. The van der Waals surface area contributed by atoms with Gasteiger partial charge in [-0.05, 0) is 42.9 Å². The number of amides is 1. The smallest absolute Gasteiger partial charge is 0.259 e. The van der Waals surface area contributed by atoms with Crippen molar-refractivity contribution in [2.45, 2.75) is 44.6 Å². The molecule has 0 unspecified atom stereocenters. The molecular weight excluding hydrogens is 252 g/mol. The third-order valence-corrected chi connectivity index (χ3v) is 3.72. The molecule has 1 aliphatic carbocycles. The summed E-state index contributed by atoms with van der Waals surface area (Å²) in [7, 11) is 0. The second-order valence-electron chi connectivity index (χ2n) is 5.61. The highest BCUT2D eigenvalue weighted by Crippen LogP contribution is 2.30. The van der Waals surface area contributed by atoms with E-state index in [1.165, 1.54) is 5.56 Å². The first-order chi connectivity index (χ1) is 9.54. The number of nitrogens with zero attached hydrogens (tertiary/aromatic N) is 1. The zero-order chi connectivity index (χ0) is 14.6. The van der Waals surface area contributed by atoms with Crippen LogP contribution in [0.15, 0.2) is 24.3 Å². The van der Waals surface area contributed by atoms with E-state index in [0.29, 0.717) is 11.7 Å². The van der Waals surface area contributed by atoms with Gasteiger partial charge in [0, 0.05) is 0 Å². The Kier molecular flexibility index (Phi) is 4.29. The number of hydrogen-bond acceptors (Lipinski definition) is 3. The molecule has 1 amide bonds. The van der Waals surface area contributed by atoms with Crippen LogP contribution in [0.25, 0.3) is 0 Å². The standard InChI is InChI=1S/C16H20N2O2/c1-12(2)13-4-6-14(7-5-13)20-10-15(19)18-16(11-17)8-3-9-16/h4-7,12H,3,8-10H2,1-2H3,(H,18,19). The molecule has 1 N–H and O–H groups in total. The van der Waals surface area contributed by atoms with Crippen LogP contribution in [0, 0.1) is 11.3 Å². The first kappa shape index (κ1) is 14.4. The Bertz CT molecular complexity index is 510. The monoisotopic (exact) mass is 272 g/mol. The van der Waals surface area contributed by atoms with Crippen LogP contribution in [0.3, 0.4) is 0 Å². The van der Waals surface area contributed by atoms with Crippen LogP contribution in [0.2, 0.25) is 0 Å². The van der Waals surface area contributed by atoms with Crippen LogP contribution in [-0.2, 0) is 4.79 Å². The van der Waals surface area contributed by atoms with Crippen molar-refractivity contribution in [3.05, 3.63) is 29.8 Å². The maximum atomic E-state index is 11.8. The van der Waals surface area contributed by atoms with Crippen molar-refractivity contribution in [1.29, 1.82) is 5.26 Å². The summed E-state index contributed by atoms with van der Waals surface area (Å²) in [5, 5.41) is 11.8. The van der Waals surface area contributed by atoms with Crippen molar-refractivity contribution in [1.82, 2.24) is 5.32 Å². The Labute approximate surface area is 119 Å². The number of nitriles is 1. The Morgan fingerprint density at radius 1 is 1.40 bits per heavy atom. The Balaban J connectivity index is 1.83. The van der Waals surface area contributed by atoms with Gasteiger partial charge in [-0.15, -0.1) is 0 Å². The maximum absolute atomic E-state index is 11.8. The van der Waals surface area contributed by atoms with Gasteiger partial charge in [0.25, 0.3) is 5.91 Å². The molecule has 4 heteroatoms. The molecule has 4 nitrogen and oxygen atoms in total. The van der Waals surface area contributed by atoms with Gasteiger partial charge >= 0.3 is 0 Å². The number of ether oxygens (including phenoxy) is 1. The van der Waals surface area contributed by atoms with E-state index in [-0.39, 0.29) is 12.5 Å². The number of rotatable bonds is 5. The molecule has 0 aliphatic heterocycles. The maximum Gasteiger partial charge on any atom is 0.259 e. The highest BCUT2D eigenvalue weighted by molar-refractivity contribution is 5.79. The lowest BCUT2D eigenvalue weighted by Gasteiger charge is -2.35. The average molecular weight is 272 g/mol. The van der Waals surface area contributed by atoms with Crippen molar-refractivity contribution in [3.63, 3.8) is 0 Å². The number of nitrogens with one attached hydrogen (secondary N) is 1. The number of carbonyl (C=O) groups excluding carboxylic acids is 1. The molecule has 1 fully saturated rings. The van der Waals surface area contributed by atoms with Gasteiger partial charge in [0.15, 0.2) is 6.61 Å². The summed E-state index contributed by atoms with van der Waals surface area (Å²) >= 11 is 0. The SMILES string of the molecule is CC(C)c1ccc(OCC(=O)NC2(C#N)CCC2)cc1. The number of hydrogen-bond donors (Lipinski definition) is 1. The molecule has 0 atom stereocenters. The zero-order valence-electron chi connectivity index (χ0n) is 12.0. The second kappa shape index (κ2) is 5.96. The minimum absolute atomic E-state index is 0.0511. The molecule has 0 bridgehead atoms. The molecule has 0 heterocycles. The molecular formula is C16H20N2O2. The van der Waals surface area contributed by atoms with Crippen molar-refractivity contribution in [2.75, 3.05) is 6.61 Å². The third-order valence-electron chi connectivity index (χ3n) is 3.72. The van der Waals surface area contributed by atoms with Crippen LogP contribution >= 0.6 is 0 Å². The van der Waals surface area contributed by atoms with E-state index in [1.807, 2.05) is 24.3 Å². The molecule has 1 aromatic carbocycles. The van der Waals surface area contributed by atoms with E-state index in [2.05, 4.69) is 25.2 Å². The highest BCUT2D eigenvalue weighted by Gasteiger charge is 2.38. The van der Waals surface area contributed by atoms with E-state index in [0.717, 1.165) is 19.3 Å². The summed E-state index contributed by atoms with van der Waals surface area (Å²) in [4.78, 5) is 11.8. The van der Waals surface area contributed by atoms with Crippen LogP contribution in [0.5, 0.6) is 5.75 Å². The first-order valence-electron chi connectivity index (χ1n) is 7.00. The minimum atomic E-state index is -0.651. The lowest BCUT2D eigenvalue weighted by Crippen LogP contribution is -2.53. The van der Waals surface area contributed by atoms with E-state index in [9.17, 15) is 4.79 Å². The molecule has 1 aliphatic rings. The predicted molar refractivity (Wildman–Crippen MR) is 76.4 cm³/mol. The quantitative estimate of drug-likeness (QED) is 0.896. The van der Waals surface area contributed by atoms with E-state index in [1.54, 1.807) is 0 Å². The molecule has 0 saturated heterocycles. The zero-order valence-corrected chi connectivity index (χ0v) is 12.0. The Morgan fingerprint density at radius 2 is 2.05 bits per heavy atom. The van der Waals surface area contributed by atoms with Crippen LogP contribution < -0.4 is 10.1 Å². The van der Waals surface area contributed by atoms with Crippen molar-refractivity contribution < 1.29 is 9.53 Å². The summed E-state index contributed by atoms with van der Waals surface area (Å²) in [5.41, 5.74) is 0.585. The molecule has 2 rings (SSSR count). The fourth-order valence-corrected chi connectivity index (χ4v) is 2.20. The Morgan fingerprint density at radius 3 is 2.50 bits per heavy atom. The van der Waals surface area contributed by atoms with Gasteiger partial charge in [0.1, 0.15) is 11.3 Å². The van der Waals surface area contributed by atoms with Crippen LogP contribution in [-0.4, -0.2) is 18.1 Å². The molecule has 1 aromatic rings. The van der Waals surface area contributed by atoms with Crippen LogP contribution in [0.1, 0.15) is 44.6 Å². The van der Waals surface area contributed by atoms with E-state index < -0.39 is 5.54 Å². The van der Waals surface area contributed by atoms with Gasteiger partial charge in [0.05, 0.1) is 6.07 Å². The molecule has 0 aromatic heterocycles. The minimum Gasteiger partial charge on any atom is -0.484 e. The van der Waals surface area contributed by atoms with Gasteiger partial charge < -0.3 is 10.1 Å². The molecule has 1 saturated carbocycles. The largest absolute Gasteiger partial charge is 0.484 e. The van der Waals surface area contributed by atoms with Crippen molar-refractivity contribution in [3.8, 4) is 11.8 Å². The van der Waals surface area contributed by atoms with Gasteiger partial charge in [0.2, 0.25) is 0 Å². The van der Waals surface area contributed by atoms with E-state index in [4.69, 9.17) is 10.00 Å². The Hall–Kier alpha value is -2.02. The van der Waals surface area contributed by atoms with Crippen molar-refractivity contribution in [2.24, 2.45) is 0 Å². The number of carbonyl (C=O) groups is 1. The summed E-state index contributed by atoms with van der Waals surface area (Å²) in [5.74, 6) is 0.907. The molecule has 0 radical (unpaired) electrons. The lowest BCUT2D eigenvalue weighted by molar-refractivity contribution is -0.125. The summed E-state index contributed by atoms with van der Waals surface area (Å²) in [6, 6.07) is 9.91.